The highest BCUT2D eigenvalue weighted by Gasteiger charge is 2.22. The van der Waals surface area contributed by atoms with Gasteiger partial charge in [0.1, 0.15) is 5.60 Å². The van der Waals surface area contributed by atoms with Gasteiger partial charge in [0.2, 0.25) is 0 Å². The second kappa shape index (κ2) is 10.6. The van der Waals surface area contributed by atoms with Crippen molar-refractivity contribution in [3.8, 4) is 5.75 Å². The van der Waals surface area contributed by atoms with Gasteiger partial charge in [0.05, 0.1) is 11.7 Å². The topological polar surface area (TPSA) is 64.6 Å². The van der Waals surface area contributed by atoms with E-state index in [1.54, 1.807) is 12.1 Å². The van der Waals surface area contributed by atoms with Gasteiger partial charge >= 0.3 is 5.97 Å². The van der Waals surface area contributed by atoms with E-state index in [2.05, 4.69) is 5.32 Å². The lowest BCUT2D eigenvalue weighted by molar-refractivity contribution is -0.156. The molecule has 1 aliphatic carbocycles. The van der Waals surface area contributed by atoms with Gasteiger partial charge in [0, 0.05) is 6.42 Å². The Morgan fingerprint density at radius 2 is 2.00 bits per heavy atom. The minimum absolute atomic E-state index is 0.0572. The first-order valence-corrected chi connectivity index (χ1v) is 10.1. The molecule has 1 aromatic rings. The summed E-state index contributed by atoms with van der Waals surface area (Å²) in [6, 6.07) is 4.62. The van der Waals surface area contributed by atoms with Gasteiger partial charge in [0.15, 0.2) is 17.9 Å². The molecule has 2 aliphatic rings. The number of hydrogen-bond acceptors (Lipinski definition) is 5. The van der Waals surface area contributed by atoms with Crippen LogP contribution in [0, 0.1) is 11.7 Å². The predicted molar refractivity (Wildman–Crippen MR) is 106 cm³/mol. The Bertz CT molecular complexity index is 646. The van der Waals surface area contributed by atoms with E-state index in [1.165, 1.54) is 12.5 Å². The van der Waals surface area contributed by atoms with Crippen LogP contribution >= 0.6 is 0 Å². The zero-order valence-corrected chi connectivity index (χ0v) is 17.1. The lowest BCUT2D eigenvalue weighted by atomic mass is 9.96. The first kappa shape index (κ1) is 22.3. The largest absolute Gasteiger partial charge is 0.487 e. The van der Waals surface area contributed by atoms with Crippen LogP contribution in [0.3, 0.4) is 0 Å². The molecule has 1 heterocycles. The number of benzene rings is 1. The maximum atomic E-state index is 13.4. The summed E-state index contributed by atoms with van der Waals surface area (Å²) in [5, 5.41) is 3.30. The molecule has 1 saturated carbocycles. The third-order valence-electron chi connectivity index (χ3n) is 4.74. The minimum Gasteiger partial charge on any atom is -0.487 e. The van der Waals surface area contributed by atoms with E-state index in [9.17, 15) is 14.0 Å². The number of halogens is 1. The number of hydrogen-bond donors (Lipinski definition) is 1. The molecule has 0 bridgehead atoms. The maximum Gasteiger partial charge on any atom is 0.306 e. The van der Waals surface area contributed by atoms with E-state index in [-0.39, 0.29) is 29.0 Å². The van der Waals surface area contributed by atoms with Crippen LogP contribution in [0.1, 0.15) is 69.7 Å². The molecule has 0 amide bonds. The van der Waals surface area contributed by atoms with Gasteiger partial charge in [0.25, 0.3) is 0 Å². The molecule has 2 fully saturated rings. The van der Waals surface area contributed by atoms with Crippen molar-refractivity contribution in [2.24, 2.45) is 5.92 Å². The molecule has 1 aliphatic heterocycles. The molecule has 6 heteroatoms. The molecule has 1 aromatic carbocycles. The standard InChI is InChI=1S/C11H11FO2.C11H21NO2/c12-11-8(7-13)3-1-6-10(11)14-9-4-2-5-9;1-11(2,3)14-10(13)7-9-5-4-6-12-8-9/h1,3,6-7,9H,2,4-5H2;9,12H,4-8H2,1-3H3/t;9-/m.0/s1. The number of piperidine rings is 1. The maximum absolute atomic E-state index is 13.4. The number of carbonyl (C=O) groups excluding carboxylic acids is 2. The number of rotatable bonds is 5. The molecule has 0 aromatic heterocycles. The number of nitrogens with one attached hydrogen (secondary N) is 1. The summed E-state index contributed by atoms with van der Waals surface area (Å²) in [5.74, 6) is 0.0542. The molecular formula is C22H32FNO4. The highest BCUT2D eigenvalue weighted by Crippen LogP contribution is 2.27. The lowest BCUT2D eigenvalue weighted by Crippen LogP contribution is -2.33. The Morgan fingerprint density at radius 1 is 1.25 bits per heavy atom. The number of esters is 1. The summed E-state index contributed by atoms with van der Waals surface area (Å²) in [5.41, 5.74) is -0.291. The third-order valence-corrected chi connectivity index (χ3v) is 4.74. The summed E-state index contributed by atoms with van der Waals surface area (Å²) in [4.78, 5) is 21.9. The first-order chi connectivity index (χ1) is 13.3. The van der Waals surface area contributed by atoms with Crippen molar-refractivity contribution in [2.45, 2.75) is 71.0 Å². The molecule has 1 N–H and O–H groups in total. The molecule has 0 spiro atoms. The Morgan fingerprint density at radius 3 is 2.54 bits per heavy atom. The zero-order valence-electron chi connectivity index (χ0n) is 17.1. The summed E-state index contributed by atoms with van der Waals surface area (Å²) in [6.45, 7) is 7.77. The van der Waals surface area contributed by atoms with Gasteiger partial charge in [-0.2, -0.15) is 0 Å². The van der Waals surface area contributed by atoms with Crippen molar-refractivity contribution < 1.29 is 23.5 Å². The Labute approximate surface area is 167 Å². The van der Waals surface area contributed by atoms with Gasteiger partial charge in [-0.05, 0) is 84.0 Å². The van der Waals surface area contributed by atoms with E-state index in [0.29, 0.717) is 18.6 Å². The number of carbonyl (C=O) groups is 2. The molecule has 28 heavy (non-hydrogen) atoms. The van der Waals surface area contributed by atoms with Crippen LogP contribution in [0.15, 0.2) is 18.2 Å². The van der Waals surface area contributed by atoms with Crippen molar-refractivity contribution >= 4 is 12.3 Å². The van der Waals surface area contributed by atoms with Crippen LogP contribution in [0.25, 0.3) is 0 Å². The first-order valence-electron chi connectivity index (χ1n) is 10.1. The van der Waals surface area contributed by atoms with Crippen molar-refractivity contribution in [3.05, 3.63) is 29.6 Å². The molecule has 5 nitrogen and oxygen atoms in total. The smallest absolute Gasteiger partial charge is 0.306 e. The van der Waals surface area contributed by atoms with E-state index in [4.69, 9.17) is 9.47 Å². The molecule has 0 unspecified atom stereocenters. The van der Waals surface area contributed by atoms with Crippen LogP contribution in [0.2, 0.25) is 0 Å². The highest BCUT2D eigenvalue weighted by molar-refractivity contribution is 5.76. The predicted octanol–water partition coefficient (Wildman–Crippen LogP) is 4.29. The van der Waals surface area contributed by atoms with Crippen LogP contribution in [-0.4, -0.2) is 37.0 Å². The molecule has 1 saturated heterocycles. The van der Waals surface area contributed by atoms with Gasteiger partial charge in [-0.1, -0.05) is 6.07 Å². The molecule has 156 valence electrons. The van der Waals surface area contributed by atoms with Crippen molar-refractivity contribution in [1.29, 1.82) is 0 Å². The Kier molecular flexibility index (Phi) is 8.42. The third kappa shape index (κ3) is 7.58. The number of ether oxygens (including phenoxy) is 2. The summed E-state index contributed by atoms with van der Waals surface area (Å²) < 4.78 is 24.1. The Balaban J connectivity index is 0.000000200. The summed E-state index contributed by atoms with van der Waals surface area (Å²) in [6.07, 6.45) is 6.61. The van der Waals surface area contributed by atoms with Crippen LogP contribution in [-0.2, 0) is 9.53 Å². The van der Waals surface area contributed by atoms with Crippen molar-refractivity contribution in [1.82, 2.24) is 5.32 Å². The van der Waals surface area contributed by atoms with Gasteiger partial charge < -0.3 is 14.8 Å². The summed E-state index contributed by atoms with van der Waals surface area (Å²) >= 11 is 0. The normalized spacial score (nSPS) is 19.6. The van der Waals surface area contributed by atoms with E-state index in [1.807, 2.05) is 20.8 Å². The van der Waals surface area contributed by atoms with Crippen LogP contribution < -0.4 is 10.1 Å². The average Bonchev–Trinajstić information content (AvgIpc) is 2.59. The van der Waals surface area contributed by atoms with Gasteiger partial charge in [-0.3, -0.25) is 9.59 Å². The second-order valence-corrected chi connectivity index (χ2v) is 8.45. The average molecular weight is 393 g/mol. The molecule has 1 atom stereocenters. The van der Waals surface area contributed by atoms with Crippen molar-refractivity contribution in [3.63, 3.8) is 0 Å². The fraction of sp³-hybridized carbons (Fsp3) is 0.636. The fourth-order valence-corrected chi connectivity index (χ4v) is 3.10. The fourth-order valence-electron chi connectivity index (χ4n) is 3.10. The van der Waals surface area contributed by atoms with E-state index < -0.39 is 5.82 Å². The van der Waals surface area contributed by atoms with Crippen LogP contribution in [0.4, 0.5) is 4.39 Å². The quantitative estimate of drug-likeness (QED) is 0.597. The molecule has 3 rings (SSSR count). The second-order valence-electron chi connectivity index (χ2n) is 8.45. The van der Waals surface area contributed by atoms with Gasteiger partial charge in [-0.25, -0.2) is 4.39 Å². The molecule has 0 radical (unpaired) electrons. The van der Waals surface area contributed by atoms with Gasteiger partial charge in [-0.15, -0.1) is 0 Å². The highest BCUT2D eigenvalue weighted by atomic mass is 19.1. The van der Waals surface area contributed by atoms with E-state index in [0.717, 1.165) is 38.8 Å². The van der Waals surface area contributed by atoms with E-state index >= 15 is 0 Å². The zero-order chi connectivity index (χ0) is 20.6. The Hall–Kier alpha value is -1.95. The lowest BCUT2D eigenvalue weighted by Gasteiger charge is -2.26. The minimum atomic E-state index is -0.547. The van der Waals surface area contributed by atoms with Crippen LogP contribution in [0.5, 0.6) is 5.75 Å². The monoisotopic (exact) mass is 393 g/mol. The number of aldehydes is 1. The summed E-state index contributed by atoms with van der Waals surface area (Å²) in [7, 11) is 0. The molecular weight excluding hydrogens is 361 g/mol. The SMILES string of the molecule is CC(C)(C)OC(=O)C[C@@H]1CCCNC1.O=Cc1cccc(OC2CCC2)c1F. The van der Waals surface area contributed by atoms with Crippen molar-refractivity contribution in [2.75, 3.05) is 13.1 Å².